The molecule has 0 aromatic heterocycles. The summed E-state index contributed by atoms with van der Waals surface area (Å²) in [6.07, 6.45) is 3.06. The van der Waals surface area contributed by atoms with Gasteiger partial charge in [-0.1, -0.05) is 45.7 Å². The van der Waals surface area contributed by atoms with E-state index in [4.69, 9.17) is 4.74 Å². The second kappa shape index (κ2) is 5.18. The van der Waals surface area contributed by atoms with Gasteiger partial charge in [0.1, 0.15) is 11.4 Å². The van der Waals surface area contributed by atoms with Gasteiger partial charge in [0.15, 0.2) is 5.78 Å². The summed E-state index contributed by atoms with van der Waals surface area (Å²) in [4.78, 5) is 12.4. The van der Waals surface area contributed by atoms with Gasteiger partial charge in [-0.2, -0.15) is 0 Å². The summed E-state index contributed by atoms with van der Waals surface area (Å²) in [5.41, 5.74) is 0.859. The Hall–Kier alpha value is 0.170. The number of ketones is 1. The lowest BCUT2D eigenvalue weighted by Gasteiger charge is -2.48. The van der Waals surface area contributed by atoms with Crippen LogP contribution < -0.4 is 0 Å². The highest BCUT2D eigenvalue weighted by molar-refractivity contribution is 9.09. The molecule has 2 nitrogen and oxygen atoms in total. The smallest absolute Gasteiger partial charge is 0.172 e. The molecule has 2 rings (SSSR count). The third kappa shape index (κ3) is 2.55. The molecule has 0 N–H and O–H groups in total. The summed E-state index contributed by atoms with van der Waals surface area (Å²) in [5.74, 6) is 1.50. The molecule has 2 aliphatic rings. The molecule has 3 atom stereocenters. The maximum absolute atomic E-state index is 11.8. The van der Waals surface area contributed by atoms with Gasteiger partial charge in [-0.15, -0.1) is 0 Å². The Bertz CT molecular complexity index is 428. The molecule has 19 heavy (non-hydrogen) atoms. The van der Waals surface area contributed by atoms with E-state index in [1.54, 1.807) is 0 Å². The standard InChI is InChI=1S/C15H22Br2O2/c1-9(10(18)8-16)11-7-12-14(2,3)13(17)5-6-15(12,4)19-11/h12-13H,5-8H2,1-4H3/b11-9-/t12-,13-,15-/m0/s1. The van der Waals surface area contributed by atoms with E-state index in [1.807, 2.05) is 6.92 Å². The Labute approximate surface area is 132 Å². The number of hydrogen-bond donors (Lipinski definition) is 0. The molecule has 0 radical (unpaired) electrons. The first-order valence-electron chi connectivity index (χ1n) is 6.84. The molecule has 1 saturated carbocycles. The fourth-order valence-electron chi connectivity index (χ4n) is 3.56. The van der Waals surface area contributed by atoms with Crippen LogP contribution in [0.2, 0.25) is 0 Å². The summed E-state index contributed by atoms with van der Waals surface area (Å²) < 4.78 is 6.24. The largest absolute Gasteiger partial charge is 0.491 e. The van der Waals surface area contributed by atoms with Crippen LogP contribution in [0.1, 0.15) is 47.0 Å². The maximum atomic E-state index is 11.8. The first kappa shape index (κ1) is 15.6. The number of alkyl halides is 2. The molecule has 0 bridgehead atoms. The van der Waals surface area contributed by atoms with Gasteiger partial charge >= 0.3 is 0 Å². The molecule has 1 heterocycles. The number of allylic oxidation sites excluding steroid dienone is 2. The van der Waals surface area contributed by atoms with Crippen molar-refractivity contribution in [3.05, 3.63) is 11.3 Å². The first-order valence-corrected chi connectivity index (χ1v) is 8.88. The highest BCUT2D eigenvalue weighted by atomic mass is 79.9. The molecule has 2 fully saturated rings. The van der Waals surface area contributed by atoms with Crippen LogP contribution >= 0.6 is 31.9 Å². The van der Waals surface area contributed by atoms with E-state index in [-0.39, 0.29) is 16.8 Å². The minimum absolute atomic E-state index is 0.114. The number of rotatable bonds is 2. The molecule has 1 aliphatic heterocycles. The van der Waals surface area contributed by atoms with Crippen LogP contribution in [0.4, 0.5) is 0 Å². The zero-order valence-electron chi connectivity index (χ0n) is 12.1. The lowest BCUT2D eigenvalue weighted by atomic mass is 9.61. The zero-order valence-corrected chi connectivity index (χ0v) is 15.2. The molecule has 0 unspecified atom stereocenters. The molecule has 0 aromatic carbocycles. The summed E-state index contributed by atoms with van der Waals surface area (Å²) in [6.45, 7) is 8.71. The van der Waals surface area contributed by atoms with Crippen LogP contribution in [0, 0.1) is 11.3 Å². The predicted octanol–water partition coefficient (Wildman–Crippen LogP) is 4.60. The molecule has 0 spiro atoms. The Kier molecular flexibility index (Phi) is 4.24. The first-order chi connectivity index (χ1) is 8.72. The predicted molar refractivity (Wildman–Crippen MR) is 84.8 cm³/mol. The van der Waals surface area contributed by atoms with Gasteiger partial charge in [0.25, 0.3) is 0 Å². The van der Waals surface area contributed by atoms with E-state index >= 15 is 0 Å². The van der Waals surface area contributed by atoms with Gasteiger partial charge in [-0.25, -0.2) is 0 Å². The van der Waals surface area contributed by atoms with Gasteiger partial charge < -0.3 is 4.74 Å². The molecule has 4 heteroatoms. The van der Waals surface area contributed by atoms with E-state index < -0.39 is 0 Å². The van der Waals surface area contributed by atoms with Gasteiger partial charge in [-0.3, -0.25) is 4.79 Å². The molecule has 1 saturated heterocycles. The summed E-state index contributed by atoms with van der Waals surface area (Å²) >= 11 is 7.06. The van der Waals surface area contributed by atoms with E-state index in [0.717, 1.165) is 30.6 Å². The molecule has 1 aliphatic carbocycles. The van der Waals surface area contributed by atoms with Crippen molar-refractivity contribution in [3.63, 3.8) is 0 Å². The SMILES string of the molecule is C/C(C(=O)CBr)=C1\C[C@H]2C(C)(C)[C@@H](Br)CC[C@]2(C)O1. The fraction of sp³-hybridized carbons (Fsp3) is 0.800. The van der Waals surface area contributed by atoms with Crippen molar-refractivity contribution in [2.24, 2.45) is 11.3 Å². The highest BCUT2D eigenvalue weighted by Crippen LogP contribution is 2.57. The van der Waals surface area contributed by atoms with E-state index in [2.05, 4.69) is 52.6 Å². The summed E-state index contributed by atoms with van der Waals surface area (Å²) in [6, 6.07) is 0. The van der Waals surface area contributed by atoms with E-state index in [1.165, 1.54) is 0 Å². The average molecular weight is 394 g/mol. The monoisotopic (exact) mass is 392 g/mol. The molecule has 0 aromatic rings. The quantitative estimate of drug-likeness (QED) is 0.506. The topological polar surface area (TPSA) is 26.3 Å². The van der Waals surface area contributed by atoms with Crippen molar-refractivity contribution >= 4 is 37.6 Å². The minimum Gasteiger partial charge on any atom is -0.491 e. The van der Waals surface area contributed by atoms with Gasteiger partial charge in [-0.05, 0) is 32.1 Å². The third-order valence-electron chi connectivity index (χ3n) is 5.04. The number of carbonyl (C=O) groups is 1. The second-order valence-electron chi connectivity index (χ2n) is 6.60. The lowest BCUT2D eigenvalue weighted by Crippen LogP contribution is -2.49. The highest BCUT2D eigenvalue weighted by Gasteiger charge is 2.56. The minimum atomic E-state index is -0.114. The molecule has 0 amide bonds. The number of hydrogen-bond acceptors (Lipinski definition) is 2. The van der Waals surface area contributed by atoms with Crippen LogP contribution in [0.3, 0.4) is 0 Å². The van der Waals surface area contributed by atoms with E-state index in [9.17, 15) is 4.79 Å². The number of Topliss-reactive ketones (excluding diaryl/α,β-unsaturated/α-hetero) is 1. The lowest BCUT2D eigenvalue weighted by molar-refractivity contribution is -0.113. The van der Waals surface area contributed by atoms with Crippen molar-refractivity contribution in [3.8, 4) is 0 Å². The van der Waals surface area contributed by atoms with Crippen molar-refractivity contribution < 1.29 is 9.53 Å². The third-order valence-corrected chi connectivity index (χ3v) is 7.19. The van der Waals surface area contributed by atoms with Crippen molar-refractivity contribution in [1.82, 2.24) is 0 Å². The molecular formula is C15H22Br2O2. The fourth-order valence-corrected chi connectivity index (χ4v) is 4.53. The van der Waals surface area contributed by atoms with Crippen molar-refractivity contribution in [2.45, 2.75) is 57.4 Å². The number of halogens is 2. The van der Waals surface area contributed by atoms with Crippen molar-refractivity contribution in [1.29, 1.82) is 0 Å². The van der Waals surface area contributed by atoms with Gasteiger partial charge in [0.05, 0.1) is 5.33 Å². The number of carbonyl (C=O) groups excluding carboxylic acids is 1. The average Bonchev–Trinajstić information content (AvgIpc) is 2.72. The Morgan fingerprint density at radius 3 is 2.63 bits per heavy atom. The number of ether oxygens (including phenoxy) is 1. The molecular weight excluding hydrogens is 372 g/mol. The zero-order chi connectivity index (χ0) is 14.4. The van der Waals surface area contributed by atoms with Crippen LogP contribution in [0.25, 0.3) is 0 Å². The van der Waals surface area contributed by atoms with Crippen molar-refractivity contribution in [2.75, 3.05) is 5.33 Å². The Balaban J connectivity index is 2.34. The summed E-state index contributed by atoms with van der Waals surface area (Å²) in [7, 11) is 0. The van der Waals surface area contributed by atoms with Crippen LogP contribution in [0.5, 0.6) is 0 Å². The van der Waals surface area contributed by atoms with Crippen LogP contribution in [-0.2, 0) is 9.53 Å². The second-order valence-corrected chi connectivity index (χ2v) is 8.27. The van der Waals surface area contributed by atoms with Crippen LogP contribution in [0.15, 0.2) is 11.3 Å². The Morgan fingerprint density at radius 1 is 1.42 bits per heavy atom. The van der Waals surface area contributed by atoms with Crippen LogP contribution in [-0.4, -0.2) is 21.5 Å². The normalized spacial score (nSPS) is 39.5. The summed E-state index contributed by atoms with van der Waals surface area (Å²) in [5, 5.41) is 0.373. The molecule has 108 valence electrons. The Morgan fingerprint density at radius 2 is 2.05 bits per heavy atom. The van der Waals surface area contributed by atoms with Gasteiger partial charge in [0, 0.05) is 22.7 Å². The van der Waals surface area contributed by atoms with Gasteiger partial charge in [0.2, 0.25) is 0 Å². The number of fused-ring (bicyclic) bond motifs is 1. The maximum Gasteiger partial charge on any atom is 0.172 e. The van der Waals surface area contributed by atoms with E-state index in [0.29, 0.717) is 16.1 Å².